The van der Waals surface area contributed by atoms with Crippen LogP contribution in [0.5, 0.6) is 11.5 Å². The predicted octanol–water partition coefficient (Wildman–Crippen LogP) is 4.99. The summed E-state index contributed by atoms with van der Waals surface area (Å²) in [6, 6.07) is 20.4. The van der Waals surface area contributed by atoms with Gasteiger partial charge in [0, 0.05) is 19.4 Å². The highest BCUT2D eigenvalue weighted by atomic mass is 16.5. The van der Waals surface area contributed by atoms with Gasteiger partial charge in [0.05, 0.1) is 6.10 Å². The number of ketones is 2. The van der Waals surface area contributed by atoms with E-state index >= 15 is 0 Å². The fourth-order valence-electron chi connectivity index (χ4n) is 4.79. The molecule has 2 aliphatic rings. The third-order valence-electron chi connectivity index (χ3n) is 6.82. The third kappa shape index (κ3) is 6.38. The maximum atomic E-state index is 12.9. The topological polar surface area (TPSA) is 77.5 Å². The molecule has 1 aromatic heterocycles. The summed E-state index contributed by atoms with van der Waals surface area (Å²) in [5.41, 5.74) is 2.39. The van der Waals surface area contributed by atoms with Gasteiger partial charge in [0.15, 0.2) is 11.6 Å². The standard InChI is InChI=1S/C30H32N2O4/c33-29(18-21-8-12-24(13-9-21)35-23-4-1-2-5-23)27-6-3-7-28(32-27)30(34)19-22-10-14-25(15-11-22)36-26-16-17-31-20-26/h3,6-15,23,26,31H,1-2,4-5,16-20H2/t26-/m1/s1. The van der Waals surface area contributed by atoms with E-state index in [-0.39, 0.29) is 30.5 Å². The Hall–Kier alpha value is -3.51. The van der Waals surface area contributed by atoms with E-state index in [2.05, 4.69) is 10.3 Å². The normalized spacial score (nSPS) is 17.7. The van der Waals surface area contributed by atoms with Gasteiger partial charge in [0.1, 0.15) is 29.0 Å². The Morgan fingerprint density at radius 2 is 1.25 bits per heavy atom. The average molecular weight is 485 g/mol. The molecule has 1 aliphatic heterocycles. The summed E-state index contributed by atoms with van der Waals surface area (Å²) >= 11 is 0. The molecule has 186 valence electrons. The van der Waals surface area contributed by atoms with Gasteiger partial charge in [0.2, 0.25) is 0 Å². The van der Waals surface area contributed by atoms with Crippen molar-refractivity contribution >= 4 is 11.6 Å². The summed E-state index contributed by atoms with van der Waals surface area (Å²) in [5, 5.41) is 3.28. The van der Waals surface area contributed by atoms with Crippen LogP contribution < -0.4 is 14.8 Å². The molecule has 2 heterocycles. The lowest BCUT2D eigenvalue weighted by Crippen LogP contribution is -2.19. The molecule has 1 N–H and O–H groups in total. The lowest BCUT2D eigenvalue weighted by Gasteiger charge is -2.13. The van der Waals surface area contributed by atoms with Gasteiger partial charge in [-0.25, -0.2) is 4.98 Å². The molecule has 36 heavy (non-hydrogen) atoms. The van der Waals surface area contributed by atoms with Gasteiger partial charge in [-0.1, -0.05) is 30.3 Å². The number of nitrogens with one attached hydrogen (secondary N) is 1. The maximum absolute atomic E-state index is 12.9. The summed E-state index contributed by atoms with van der Waals surface area (Å²) in [6.45, 7) is 1.84. The van der Waals surface area contributed by atoms with E-state index in [4.69, 9.17) is 9.47 Å². The average Bonchev–Trinajstić information content (AvgIpc) is 3.61. The minimum absolute atomic E-state index is 0.114. The Kier molecular flexibility index (Phi) is 7.72. The minimum atomic E-state index is -0.119. The number of hydrogen-bond acceptors (Lipinski definition) is 6. The Labute approximate surface area is 212 Å². The maximum Gasteiger partial charge on any atom is 0.185 e. The van der Waals surface area contributed by atoms with Crippen molar-refractivity contribution in [3.8, 4) is 11.5 Å². The summed E-state index contributed by atoms with van der Waals surface area (Å²) in [4.78, 5) is 30.1. The predicted molar refractivity (Wildman–Crippen MR) is 138 cm³/mol. The highest BCUT2D eigenvalue weighted by Gasteiger charge is 2.18. The lowest BCUT2D eigenvalue weighted by molar-refractivity contribution is 0.0984. The Balaban J connectivity index is 1.16. The van der Waals surface area contributed by atoms with Crippen LogP contribution in [0.15, 0.2) is 66.7 Å². The van der Waals surface area contributed by atoms with E-state index in [1.54, 1.807) is 18.2 Å². The van der Waals surface area contributed by atoms with E-state index in [1.165, 1.54) is 12.8 Å². The molecule has 0 radical (unpaired) electrons. The van der Waals surface area contributed by atoms with Crippen molar-refractivity contribution in [1.29, 1.82) is 0 Å². The third-order valence-corrected chi connectivity index (χ3v) is 6.82. The Morgan fingerprint density at radius 1 is 0.722 bits per heavy atom. The number of aromatic nitrogens is 1. The van der Waals surface area contributed by atoms with Crippen molar-refractivity contribution in [3.05, 3.63) is 89.2 Å². The lowest BCUT2D eigenvalue weighted by atomic mass is 10.0. The fourth-order valence-corrected chi connectivity index (χ4v) is 4.79. The molecule has 2 aromatic carbocycles. The van der Waals surface area contributed by atoms with Crippen LogP contribution in [0.3, 0.4) is 0 Å². The second-order valence-electron chi connectivity index (χ2n) is 9.65. The first kappa shape index (κ1) is 24.2. The van der Waals surface area contributed by atoms with Crippen molar-refractivity contribution in [2.24, 2.45) is 0 Å². The molecule has 0 unspecified atom stereocenters. The molecule has 1 atom stereocenters. The number of carbonyl (C=O) groups is 2. The quantitative estimate of drug-likeness (QED) is 0.409. The van der Waals surface area contributed by atoms with Crippen LogP contribution in [0.25, 0.3) is 0 Å². The van der Waals surface area contributed by atoms with E-state index < -0.39 is 0 Å². The van der Waals surface area contributed by atoms with Crippen LogP contribution >= 0.6 is 0 Å². The molecule has 0 spiro atoms. The molecule has 1 aliphatic carbocycles. The van der Waals surface area contributed by atoms with E-state index in [0.29, 0.717) is 17.5 Å². The highest BCUT2D eigenvalue weighted by molar-refractivity contribution is 5.99. The number of pyridine rings is 1. The first-order valence-electron chi connectivity index (χ1n) is 12.9. The number of rotatable bonds is 10. The molecular formula is C30H32N2O4. The summed E-state index contributed by atoms with van der Waals surface area (Å²) < 4.78 is 11.9. The van der Waals surface area contributed by atoms with Gasteiger partial charge >= 0.3 is 0 Å². The smallest absolute Gasteiger partial charge is 0.185 e. The fraction of sp³-hybridized carbons (Fsp3) is 0.367. The van der Waals surface area contributed by atoms with Crippen molar-refractivity contribution < 1.29 is 19.1 Å². The van der Waals surface area contributed by atoms with E-state index in [0.717, 1.165) is 55.0 Å². The first-order chi connectivity index (χ1) is 17.6. The van der Waals surface area contributed by atoms with Crippen molar-refractivity contribution in [2.45, 2.75) is 57.2 Å². The van der Waals surface area contributed by atoms with Crippen LogP contribution in [0.4, 0.5) is 0 Å². The van der Waals surface area contributed by atoms with Gasteiger partial charge in [-0.15, -0.1) is 0 Å². The van der Waals surface area contributed by atoms with Crippen LogP contribution in [0, 0.1) is 0 Å². The molecular weight excluding hydrogens is 452 g/mol. The Bertz CT molecular complexity index is 1090. The van der Waals surface area contributed by atoms with Gasteiger partial charge in [-0.05, 0) is 86.2 Å². The summed E-state index contributed by atoms with van der Waals surface area (Å²) in [6.07, 6.45) is 6.63. The van der Waals surface area contributed by atoms with E-state index in [1.807, 2.05) is 48.5 Å². The number of ether oxygens (including phenoxy) is 2. The van der Waals surface area contributed by atoms with Crippen LogP contribution in [-0.2, 0) is 12.8 Å². The zero-order chi connectivity index (χ0) is 24.7. The van der Waals surface area contributed by atoms with Crippen molar-refractivity contribution in [2.75, 3.05) is 13.1 Å². The van der Waals surface area contributed by atoms with Gasteiger partial charge in [-0.3, -0.25) is 9.59 Å². The zero-order valence-electron chi connectivity index (χ0n) is 20.4. The van der Waals surface area contributed by atoms with Crippen LogP contribution in [0.2, 0.25) is 0 Å². The number of carbonyl (C=O) groups excluding carboxylic acids is 2. The molecule has 1 saturated carbocycles. The number of hydrogen-bond donors (Lipinski definition) is 1. The summed E-state index contributed by atoms with van der Waals surface area (Å²) in [7, 11) is 0. The second-order valence-corrected chi connectivity index (χ2v) is 9.65. The van der Waals surface area contributed by atoms with Crippen LogP contribution in [-0.4, -0.2) is 41.8 Å². The largest absolute Gasteiger partial charge is 0.490 e. The molecule has 0 amide bonds. The molecule has 1 saturated heterocycles. The molecule has 3 aromatic rings. The minimum Gasteiger partial charge on any atom is -0.490 e. The molecule has 2 fully saturated rings. The number of benzene rings is 2. The van der Waals surface area contributed by atoms with Crippen LogP contribution in [0.1, 0.15) is 64.2 Å². The zero-order valence-corrected chi connectivity index (χ0v) is 20.4. The second kappa shape index (κ2) is 11.5. The molecule has 6 heteroatoms. The van der Waals surface area contributed by atoms with Gasteiger partial charge in [0.25, 0.3) is 0 Å². The Morgan fingerprint density at radius 3 is 1.75 bits per heavy atom. The first-order valence-corrected chi connectivity index (χ1v) is 12.9. The molecule has 5 rings (SSSR count). The van der Waals surface area contributed by atoms with Gasteiger partial charge in [-0.2, -0.15) is 0 Å². The number of nitrogens with zero attached hydrogens (tertiary/aromatic N) is 1. The molecule has 6 nitrogen and oxygen atoms in total. The summed E-state index contributed by atoms with van der Waals surface area (Å²) in [5.74, 6) is 1.42. The van der Waals surface area contributed by atoms with Gasteiger partial charge < -0.3 is 14.8 Å². The molecule has 0 bridgehead atoms. The van der Waals surface area contributed by atoms with Crippen molar-refractivity contribution in [1.82, 2.24) is 10.3 Å². The monoisotopic (exact) mass is 484 g/mol. The SMILES string of the molecule is O=C(Cc1ccc(OC2CCCC2)cc1)c1cccc(C(=O)Cc2ccc(O[C@@H]3CCNC3)cc2)n1. The highest BCUT2D eigenvalue weighted by Crippen LogP contribution is 2.24. The van der Waals surface area contributed by atoms with Crippen molar-refractivity contribution in [3.63, 3.8) is 0 Å². The number of Topliss-reactive ketones (excluding diaryl/α,β-unsaturated/α-hetero) is 2. The van der Waals surface area contributed by atoms with E-state index in [9.17, 15) is 9.59 Å².